The van der Waals surface area contributed by atoms with E-state index in [1.54, 1.807) is 18.8 Å². The van der Waals surface area contributed by atoms with E-state index < -0.39 is 17.1 Å². The third-order valence-corrected chi connectivity index (χ3v) is 8.36. The second kappa shape index (κ2) is 7.95. The van der Waals surface area contributed by atoms with Crippen LogP contribution in [-0.4, -0.2) is 28.9 Å². The molecule has 3 atom stereocenters. The summed E-state index contributed by atoms with van der Waals surface area (Å²) in [7, 11) is 3.20. The molecule has 1 aromatic heterocycles. The van der Waals surface area contributed by atoms with Gasteiger partial charge in [-0.2, -0.15) is 0 Å². The number of hydrogen-bond donors (Lipinski definition) is 1. The van der Waals surface area contributed by atoms with Crippen LogP contribution in [0.25, 0.3) is 0 Å². The zero-order valence-electron chi connectivity index (χ0n) is 21.5. The Kier molecular flexibility index (Phi) is 4.82. The summed E-state index contributed by atoms with van der Waals surface area (Å²) in [5.41, 5.74) is 0.508. The summed E-state index contributed by atoms with van der Waals surface area (Å²) >= 11 is 0. The minimum absolute atomic E-state index is 0.122. The molecule has 1 aliphatic carbocycles. The van der Waals surface area contributed by atoms with E-state index in [2.05, 4.69) is 0 Å². The lowest BCUT2D eigenvalue weighted by atomic mass is 9.70. The van der Waals surface area contributed by atoms with E-state index in [4.69, 9.17) is 19.2 Å². The Bertz CT molecular complexity index is 1650. The fourth-order valence-electron chi connectivity index (χ4n) is 6.80. The standard InChI is InChI=1S/C31H28N2O5/c1-18-16-22(37-3)27-23(17-18)38-31(20-11-13-21(36-2)14-12-20)26(19-8-5-4-6-9-19)25-28(30(27,31)35)32-24-10-7-15-33(24)29(25)34/h4-6,8-9,11-14,16-17,26,35H,7,10,15H2,1-3H3/t26-,30+,31+/m1/s1. The second-order valence-electron chi connectivity index (χ2n) is 10.3. The molecule has 0 amide bonds. The lowest BCUT2D eigenvalue weighted by Gasteiger charge is -2.40. The SMILES string of the molecule is COc1ccc([C@@]23Oc4cc(C)cc(OC)c4[C@]2(O)c2nc4n(c(=O)c2[C@H]3c2ccccc2)CCC4)cc1. The van der Waals surface area contributed by atoms with Gasteiger partial charge >= 0.3 is 0 Å². The highest BCUT2D eigenvalue weighted by atomic mass is 16.5. The monoisotopic (exact) mass is 508 g/mol. The number of nitrogens with zero attached hydrogens (tertiary/aromatic N) is 2. The number of hydrogen-bond acceptors (Lipinski definition) is 6. The predicted molar refractivity (Wildman–Crippen MR) is 141 cm³/mol. The van der Waals surface area contributed by atoms with Crippen molar-refractivity contribution >= 4 is 0 Å². The van der Waals surface area contributed by atoms with Crippen LogP contribution in [-0.2, 0) is 24.2 Å². The lowest BCUT2D eigenvalue weighted by molar-refractivity contribution is -0.0910. The molecule has 2 aliphatic heterocycles. The Labute approximate surface area is 220 Å². The van der Waals surface area contributed by atoms with Crippen molar-refractivity contribution in [3.05, 3.63) is 116 Å². The first-order chi connectivity index (χ1) is 18.4. The first-order valence-electron chi connectivity index (χ1n) is 12.9. The Morgan fingerprint density at radius 1 is 1.05 bits per heavy atom. The number of rotatable bonds is 4. The smallest absolute Gasteiger partial charge is 0.257 e. The molecule has 0 bridgehead atoms. The molecule has 38 heavy (non-hydrogen) atoms. The maximum atomic E-state index is 14.2. The van der Waals surface area contributed by atoms with E-state index in [0.29, 0.717) is 58.4 Å². The summed E-state index contributed by atoms with van der Waals surface area (Å²) in [6.45, 7) is 2.58. The van der Waals surface area contributed by atoms with Gasteiger partial charge in [-0.1, -0.05) is 42.5 Å². The van der Waals surface area contributed by atoms with Crippen molar-refractivity contribution in [3.8, 4) is 17.2 Å². The Balaban J connectivity index is 1.66. The quantitative estimate of drug-likeness (QED) is 0.445. The summed E-state index contributed by atoms with van der Waals surface area (Å²) in [6, 6.07) is 21.1. The van der Waals surface area contributed by atoms with Crippen molar-refractivity contribution in [2.24, 2.45) is 0 Å². The lowest BCUT2D eigenvalue weighted by Crippen LogP contribution is -2.49. The van der Waals surface area contributed by atoms with Crippen molar-refractivity contribution in [2.45, 2.75) is 43.4 Å². The molecule has 0 spiro atoms. The van der Waals surface area contributed by atoms with E-state index in [1.807, 2.05) is 73.7 Å². The molecule has 3 aliphatic rings. The van der Waals surface area contributed by atoms with Crippen LogP contribution >= 0.6 is 0 Å². The third kappa shape index (κ3) is 2.72. The van der Waals surface area contributed by atoms with Crippen LogP contribution in [0.1, 0.15) is 51.7 Å². The van der Waals surface area contributed by atoms with Gasteiger partial charge in [0.2, 0.25) is 0 Å². The van der Waals surface area contributed by atoms with Gasteiger partial charge in [0.15, 0.2) is 11.2 Å². The van der Waals surface area contributed by atoms with Gasteiger partial charge in [0, 0.05) is 18.5 Å². The average molecular weight is 509 g/mol. The van der Waals surface area contributed by atoms with Crippen molar-refractivity contribution < 1.29 is 19.3 Å². The molecular formula is C31H28N2O5. The zero-order valence-corrected chi connectivity index (χ0v) is 21.5. The molecule has 0 unspecified atom stereocenters. The number of aryl methyl sites for hydroxylation is 2. The normalized spacial score (nSPS) is 24.3. The largest absolute Gasteiger partial charge is 0.497 e. The zero-order chi connectivity index (χ0) is 26.2. The van der Waals surface area contributed by atoms with Crippen LogP contribution in [0.15, 0.2) is 71.5 Å². The second-order valence-corrected chi connectivity index (χ2v) is 10.3. The van der Waals surface area contributed by atoms with Crippen LogP contribution in [0, 0.1) is 6.92 Å². The number of benzene rings is 3. The van der Waals surface area contributed by atoms with Gasteiger partial charge in [-0.3, -0.25) is 9.36 Å². The van der Waals surface area contributed by atoms with Crippen molar-refractivity contribution in [2.75, 3.05) is 14.2 Å². The molecule has 3 aromatic carbocycles. The molecule has 0 saturated carbocycles. The molecule has 192 valence electrons. The van der Waals surface area contributed by atoms with E-state index in [-0.39, 0.29) is 5.56 Å². The Hall–Kier alpha value is -4.10. The fraction of sp³-hybridized carbons (Fsp3) is 0.290. The van der Waals surface area contributed by atoms with Gasteiger partial charge in [0.05, 0.1) is 37.0 Å². The molecule has 7 heteroatoms. The van der Waals surface area contributed by atoms with Crippen molar-refractivity contribution in [1.29, 1.82) is 0 Å². The summed E-state index contributed by atoms with van der Waals surface area (Å²) < 4.78 is 20.0. The highest BCUT2D eigenvalue weighted by Gasteiger charge is 2.74. The Morgan fingerprint density at radius 2 is 1.82 bits per heavy atom. The minimum Gasteiger partial charge on any atom is -0.497 e. The highest BCUT2D eigenvalue weighted by molar-refractivity contribution is 5.68. The number of ether oxygens (including phenoxy) is 3. The predicted octanol–water partition coefficient (Wildman–Crippen LogP) is 4.18. The summed E-state index contributed by atoms with van der Waals surface area (Å²) in [6.07, 6.45) is 1.53. The maximum absolute atomic E-state index is 14.2. The molecule has 7 nitrogen and oxygen atoms in total. The Morgan fingerprint density at radius 3 is 2.53 bits per heavy atom. The minimum atomic E-state index is -1.79. The molecular weight excluding hydrogens is 480 g/mol. The molecule has 1 N–H and O–H groups in total. The van der Waals surface area contributed by atoms with Gasteiger partial charge in [-0.05, 0) is 48.7 Å². The van der Waals surface area contributed by atoms with Crippen LogP contribution in [0.5, 0.6) is 17.2 Å². The van der Waals surface area contributed by atoms with Crippen LogP contribution in [0.4, 0.5) is 0 Å². The number of methoxy groups -OCH3 is 2. The summed E-state index contributed by atoms with van der Waals surface area (Å²) in [4.78, 5) is 19.2. The first-order valence-corrected chi connectivity index (χ1v) is 12.9. The first kappa shape index (κ1) is 23.0. The van der Waals surface area contributed by atoms with Gasteiger partial charge < -0.3 is 19.3 Å². The summed E-state index contributed by atoms with van der Waals surface area (Å²) in [5, 5.41) is 13.2. The average Bonchev–Trinajstić information content (AvgIpc) is 3.57. The molecule has 0 radical (unpaired) electrons. The van der Waals surface area contributed by atoms with Crippen molar-refractivity contribution in [3.63, 3.8) is 0 Å². The number of aromatic nitrogens is 2. The fourth-order valence-corrected chi connectivity index (χ4v) is 6.80. The van der Waals surface area contributed by atoms with E-state index in [9.17, 15) is 9.90 Å². The maximum Gasteiger partial charge on any atom is 0.257 e. The van der Waals surface area contributed by atoms with Crippen LogP contribution in [0.3, 0.4) is 0 Å². The molecule has 7 rings (SSSR count). The third-order valence-electron chi connectivity index (χ3n) is 8.36. The van der Waals surface area contributed by atoms with Gasteiger partial charge in [-0.25, -0.2) is 4.98 Å². The van der Waals surface area contributed by atoms with Crippen molar-refractivity contribution in [1.82, 2.24) is 9.55 Å². The van der Waals surface area contributed by atoms with Crippen LogP contribution < -0.4 is 19.8 Å². The molecule has 0 saturated heterocycles. The molecule has 3 heterocycles. The number of aliphatic hydroxyl groups is 1. The van der Waals surface area contributed by atoms with Gasteiger partial charge in [0.1, 0.15) is 23.1 Å². The molecule has 0 fully saturated rings. The van der Waals surface area contributed by atoms with Gasteiger partial charge in [-0.15, -0.1) is 0 Å². The molecule has 4 aromatic rings. The topological polar surface area (TPSA) is 82.8 Å². The van der Waals surface area contributed by atoms with Gasteiger partial charge in [0.25, 0.3) is 5.56 Å². The number of fused-ring (bicyclic) bond motifs is 6. The highest BCUT2D eigenvalue weighted by Crippen LogP contribution is 2.69. The van der Waals surface area contributed by atoms with E-state index in [0.717, 1.165) is 17.5 Å². The van der Waals surface area contributed by atoms with Crippen LogP contribution in [0.2, 0.25) is 0 Å². The van der Waals surface area contributed by atoms with E-state index in [1.165, 1.54) is 0 Å². The van der Waals surface area contributed by atoms with E-state index >= 15 is 0 Å². The summed E-state index contributed by atoms with van der Waals surface area (Å²) in [5.74, 6) is 1.77.